The van der Waals surface area contributed by atoms with Crippen molar-refractivity contribution in [3.63, 3.8) is 0 Å². The van der Waals surface area contributed by atoms with Gasteiger partial charge in [-0.25, -0.2) is 9.80 Å². The van der Waals surface area contributed by atoms with E-state index in [9.17, 15) is 63.8 Å². The molecule has 1 saturated carbocycles. The number of allylic oxidation sites excluding steroid dienone is 2. The lowest BCUT2D eigenvalue weighted by Gasteiger charge is -2.49. The van der Waals surface area contributed by atoms with Gasteiger partial charge in [-0.1, -0.05) is 29.8 Å². The number of hydrogen-bond donors (Lipinski definition) is 1. The van der Waals surface area contributed by atoms with Crippen molar-refractivity contribution in [2.75, 3.05) is 9.80 Å². The van der Waals surface area contributed by atoms with Crippen molar-refractivity contribution in [3.05, 3.63) is 95.1 Å². The normalized spacial score (nSPS) is 27.4. The van der Waals surface area contributed by atoms with Gasteiger partial charge in [-0.3, -0.25) is 19.2 Å². The number of carbonyl (C=O) groups excluding carboxylic acids is 4. The van der Waals surface area contributed by atoms with Gasteiger partial charge in [0, 0.05) is 11.5 Å². The second-order valence-corrected chi connectivity index (χ2v) is 13.5. The van der Waals surface area contributed by atoms with Crippen molar-refractivity contribution in [3.8, 4) is 11.5 Å². The van der Waals surface area contributed by atoms with Crippen LogP contribution in [0.5, 0.6) is 11.5 Å². The molecule has 4 aliphatic rings. The SMILES string of the molecule is C[C@@]12C(=O)N(c3ccccc3)C(=O)[C@@H]1C[C@@H]1C(=CC[C@@H]3C(=O)N(c4cc(C(F)(F)F)cc(C(F)(F)F)c4)C(=O)[C@@H]31)[C@@H]2c1cc(OC(F)(F)F)ccc1O. The summed E-state index contributed by atoms with van der Waals surface area (Å²) in [5.41, 5.74) is -6.30. The van der Waals surface area contributed by atoms with E-state index in [-0.39, 0.29) is 52.8 Å². The molecule has 3 aromatic carbocycles. The van der Waals surface area contributed by atoms with Crippen LogP contribution in [0, 0.1) is 29.1 Å². The fourth-order valence-corrected chi connectivity index (χ4v) is 8.47. The van der Waals surface area contributed by atoms with Crippen LogP contribution in [0.15, 0.2) is 78.4 Å². The molecule has 4 amide bonds. The van der Waals surface area contributed by atoms with E-state index in [0.717, 1.165) is 23.1 Å². The highest BCUT2D eigenvalue weighted by atomic mass is 19.4. The number of para-hydroxylation sites is 1. The number of amides is 4. The molecule has 0 spiro atoms. The van der Waals surface area contributed by atoms with Gasteiger partial charge in [0.2, 0.25) is 23.6 Å². The van der Waals surface area contributed by atoms with E-state index < -0.39 is 106 Å². The molecule has 278 valence electrons. The van der Waals surface area contributed by atoms with Gasteiger partial charge in [-0.05, 0) is 74.2 Å². The van der Waals surface area contributed by atoms with E-state index in [1.54, 1.807) is 18.2 Å². The maximum absolute atomic E-state index is 14.4. The Morgan fingerprint density at radius 2 is 1.36 bits per heavy atom. The van der Waals surface area contributed by atoms with Crippen molar-refractivity contribution in [1.82, 2.24) is 0 Å². The number of anilines is 2. The monoisotopic (exact) mass is 752 g/mol. The van der Waals surface area contributed by atoms with Crippen LogP contribution in [0.1, 0.15) is 42.4 Å². The minimum Gasteiger partial charge on any atom is -0.508 e. The van der Waals surface area contributed by atoms with Crippen LogP contribution < -0.4 is 14.5 Å². The molecule has 2 heterocycles. The van der Waals surface area contributed by atoms with E-state index >= 15 is 0 Å². The smallest absolute Gasteiger partial charge is 0.508 e. The Labute approximate surface area is 293 Å². The van der Waals surface area contributed by atoms with Gasteiger partial charge in [0.05, 0.1) is 45.7 Å². The van der Waals surface area contributed by atoms with Crippen molar-refractivity contribution >= 4 is 35.0 Å². The predicted octanol–water partition coefficient (Wildman–Crippen LogP) is 7.76. The highest BCUT2D eigenvalue weighted by molar-refractivity contribution is 6.25. The van der Waals surface area contributed by atoms with Gasteiger partial charge < -0.3 is 9.84 Å². The second-order valence-electron chi connectivity index (χ2n) is 13.5. The highest BCUT2D eigenvalue weighted by Gasteiger charge is 2.68. The Morgan fingerprint density at radius 3 is 1.94 bits per heavy atom. The number of fused-ring (bicyclic) bond motifs is 4. The molecule has 2 aliphatic carbocycles. The van der Waals surface area contributed by atoms with Gasteiger partial charge in [-0.2, -0.15) is 26.3 Å². The maximum Gasteiger partial charge on any atom is 0.573 e. The quantitative estimate of drug-likeness (QED) is 0.166. The summed E-state index contributed by atoms with van der Waals surface area (Å²) in [6.07, 6.45) is -15.0. The fourth-order valence-electron chi connectivity index (χ4n) is 8.47. The summed E-state index contributed by atoms with van der Waals surface area (Å²) in [5.74, 6) is -11.9. The average molecular weight is 753 g/mol. The van der Waals surface area contributed by atoms with Gasteiger partial charge in [0.15, 0.2) is 0 Å². The molecule has 0 bridgehead atoms. The summed E-state index contributed by atoms with van der Waals surface area (Å²) in [5, 5.41) is 11.1. The van der Waals surface area contributed by atoms with Crippen molar-refractivity contribution in [2.24, 2.45) is 29.1 Å². The van der Waals surface area contributed by atoms with Gasteiger partial charge in [-0.15, -0.1) is 13.2 Å². The Bertz CT molecular complexity index is 2060. The zero-order valence-electron chi connectivity index (χ0n) is 27.0. The molecule has 2 saturated heterocycles. The van der Waals surface area contributed by atoms with Gasteiger partial charge >= 0.3 is 18.7 Å². The third-order valence-corrected chi connectivity index (χ3v) is 10.7. The number of halogens is 9. The molecule has 0 radical (unpaired) electrons. The third kappa shape index (κ3) is 5.71. The number of ether oxygens (including phenoxy) is 1. The number of alkyl halides is 9. The van der Waals surface area contributed by atoms with E-state index in [4.69, 9.17) is 0 Å². The van der Waals surface area contributed by atoms with Crippen LogP contribution in [-0.4, -0.2) is 35.1 Å². The lowest BCUT2D eigenvalue weighted by Crippen LogP contribution is -2.49. The highest BCUT2D eigenvalue weighted by Crippen LogP contribution is 2.65. The molecule has 2 aliphatic heterocycles. The number of imide groups is 2. The number of rotatable bonds is 4. The van der Waals surface area contributed by atoms with Crippen LogP contribution in [-0.2, 0) is 31.5 Å². The van der Waals surface area contributed by atoms with Gasteiger partial charge in [0.25, 0.3) is 0 Å². The number of benzene rings is 3. The molecule has 53 heavy (non-hydrogen) atoms. The molecular weight excluding hydrogens is 727 g/mol. The molecule has 3 fully saturated rings. The van der Waals surface area contributed by atoms with E-state index in [1.165, 1.54) is 25.1 Å². The number of nitrogens with zero attached hydrogens (tertiary/aromatic N) is 2. The Balaban J connectivity index is 1.38. The van der Waals surface area contributed by atoms with E-state index in [2.05, 4.69) is 4.74 Å². The van der Waals surface area contributed by atoms with Gasteiger partial charge in [0.1, 0.15) is 11.5 Å². The number of phenols is 1. The first-order valence-corrected chi connectivity index (χ1v) is 16.0. The zero-order valence-corrected chi connectivity index (χ0v) is 27.0. The largest absolute Gasteiger partial charge is 0.573 e. The molecule has 1 N–H and O–H groups in total. The molecule has 6 atom stereocenters. The molecule has 17 heteroatoms. The van der Waals surface area contributed by atoms with Crippen LogP contribution in [0.3, 0.4) is 0 Å². The first-order valence-electron chi connectivity index (χ1n) is 16.0. The van der Waals surface area contributed by atoms with Crippen LogP contribution in [0.4, 0.5) is 50.9 Å². The number of phenolic OH excluding ortho intramolecular Hbond substituents is 1. The third-order valence-electron chi connectivity index (χ3n) is 10.7. The van der Waals surface area contributed by atoms with Crippen LogP contribution in [0.2, 0.25) is 0 Å². The number of aromatic hydroxyl groups is 1. The lowest BCUT2D eigenvalue weighted by atomic mass is 9.51. The standard InChI is InChI=1S/C36H25F9N2O6/c1-33-25(30(50)47(32(33)52)18-5-3-2-4-6-18)15-23-21(28(33)24-14-20(7-10-26(24)48)53-36(43,44)45)8-9-22-27(23)31(51)46(29(22)49)19-12-16(34(37,38)39)11-17(13-19)35(40,41)42/h2-8,10-14,22-23,25,27-28,48H,9,15H2,1H3/t22-,23+,25-,27-,28+,33+/m0/s1. The second kappa shape index (κ2) is 11.8. The molecule has 0 aromatic heterocycles. The van der Waals surface area contributed by atoms with E-state index in [1.807, 2.05) is 0 Å². The summed E-state index contributed by atoms with van der Waals surface area (Å²) in [6, 6.07) is 10.5. The summed E-state index contributed by atoms with van der Waals surface area (Å²) in [6.45, 7) is 1.39. The average Bonchev–Trinajstić information content (AvgIpc) is 3.44. The molecule has 7 rings (SSSR count). The van der Waals surface area contributed by atoms with E-state index in [0.29, 0.717) is 0 Å². The summed E-state index contributed by atoms with van der Waals surface area (Å²) in [7, 11) is 0. The topological polar surface area (TPSA) is 104 Å². The first-order chi connectivity index (χ1) is 24.6. The molecule has 0 unspecified atom stereocenters. The molecular formula is C36H25F9N2O6. The zero-order chi connectivity index (χ0) is 38.6. The Kier molecular flexibility index (Phi) is 8.04. The minimum absolute atomic E-state index is 0.147. The Morgan fingerprint density at radius 1 is 0.736 bits per heavy atom. The Hall–Kier alpha value is -5.35. The maximum atomic E-state index is 14.4. The molecule has 8 nitrogen and oxygen atoms in total. The summed E-state index contributed by atoms with van der Waals surface area (Å²) in [4.78, 5) is 57.8. The fraction of sp³-hybridized carbons (Fsp3) is 0.333. The number of hydrogen-bond acceptors (Lipinski definition) is 6. The summed E-state index contributed by atoms with van der Waals surface area (Å²) < 4.78 is 127. The van der Waals surface area contributed by atoms with Crippen molar-refractivity contribution in [1.29, 1.82) is 0 Å². The lowest BCUT2D eigenvalue weighted by molar-refractivity contribution is -0.274. The van der Waals surface area contributed by atoms with Crippen molar-refractivity contribution in [2.45, 2.75) is 44.4 Å². The van der Waals surface area contributed by atoms with Crippen LogP contribution >= 0.6 is 0 Å². The first kappa shape index (κ1) is 36.0. The minimum atomic E-state index is -5.29. The van der Waals surface area contributed by atoms with Crippen LogP contribution in [0.25, 0.3) is 0 Å². The summed E-state index contributed by atoms with van der Waals surface area (Å²) >= 11 is 0. The number of carbonyl (C=O) groups is 4. The molecule has 3 aromatic rings. The predicted molar refractivity (Wildman–Crippen MR) is 165 cm³/mol. The van der Waals surface area contributed by atoms with Crippen molar-refractivity contribution < 1.29 is 68.5 Å².